The molecule has 0 aliphatic heterocycles. The van der Waals surface area contributed by atoms with E-state index in [1.165, 1.54) is 6.07 Å². The van der Waals surface area contributed by atoms with Gasteiger partial charge < -0.3 is 10.4 Å². The normalized spacial score (nSPS) is 11.1. The molecule has 0 aromatic heterocycles. The Morgan fingerprint density at radius 2 is 1.76 bits per heavy atom. The second kappa shape index (κ2) is 9.97. The number of aliphatic carboxylic acids is 1. The van der Waals surface area contributed by atoms with Crippen molar-refractivity contribution >= 4 is 27.6 Å². The van der Waals surface area contributed by atoms with Crippen LogP contribution >= 0.6 is 0 Å². The number of hydrogen-bond donors (Lipinski definition) is 3. The molecule has 0 aliphatic rings. The Hall–Kier alpha value is -2.16. The highest BCUT2D eigenvalue weighted by Gasteiger charge is 2.15. The lowest BCUT2D eigenvalue weighted by Crippen LogP contribution is -2.26. The first-order valence-corrected chi connectivity index (χ1v) is 9.85. The number of hydrogen-bond acceptors (Lipinski definition) is 4. The van der Waals surface area contributed by atoms with Crippen LogP contribution in [0, 0.1) is 5.82 Å². The summed E-state index contributed by atoms with van der Waals surface area (Å²) in [5.74, 6) is -2.00. The Morgan fingerprint density at radius 3 is 2.40 bits per heavy atom. The monoisotopic (exact) mass is 374 g/mol. The Labute approximate surface area is 146 Å². The van der Waals surface area contributed by atoms with Gasteiger partial charge in [0.25, 0.3) is 5.91 Å². The van der Waals surface area contributed by atoms with E-state index in [-0.39, 0.29) is 17.7 Å². The summed E-state index contributed by atoms with van der Waals surface area (Å²) in [6.45, 7) is 0.368. The lowest BCUT2D eigenvalue weighted by molar-refractivity contribution is -0.137. The molecule has 1 aromatic rings. The largest absolute Gasteiger partial charge is 0.481 e. The summed E-state index contributed by atoms with van der Waals surface area (Å²) in [5, 5.41) is 11.1. The number of carbonyl (C=O) groups is 2. The third-order valence-corrected chi connectivity index (χ3v) is 3.97. The van der Waals surface area contributed by atoms with E-state index in [4.69, 9.17) is 5.11 Å². The van der Waals surface area contributed by atoms with Crippen molar-refractivity contribution in [2.45, 2.75) is 38.5 Å². The topological polar surface area (TPSA) is 113 Å². The molecule has 0 heterocycles. The zero-order chi connectivity index (χ0) is 18.9. The Bertz CT molecular complexity index is 706. The number of sulfonamides is 1. The minimum atomic E-state index is -3.58. The number of halogens is 1. The molecule has 9 heteroatoms. The van der Waals surface area contributed by atoms with Gasteiger partial charge in [0, 0.05) is 13.0 Å². The first-order chi connectivity index (χ1) is 11.7. The number of unbranched alkanes of at least 4 members (excludes halogenated alkanes) is 4. The van der Waals surface area contributed by atoms with E-state index in [0.717, 1.165) is 37.7 Å². The Balaban J connectivity index is 2.44. The van der Waals surface area contributed by atoms with E-state index in [1.807, 2.05) is 0 Å². The van der Waals surface area contributed by atoms with Crippen LogP contribution in [0.15, 0.2) is 18.2 Å². The van der Waals surface area contributed by atoms with Crippen LogP contribution in [0.25, 0.3) is 0 Å². The summed E-state index contributed by atoms with van der Waals surface area (Å²) < 4.78 is 38.2. The number of benzene rings is 1. The van der Waals surface area contributed by atoms with E-state index in [1.54, 1.807) is 0 Å². The molecule has 140 valence electrons. The smallest absolute Gasteiger partial charge is 0.303 e. The molecule has 1 aromatic carbocycles. The zero-order valence-corrected chi connectivity index (χ0v) is 14.9. The van der Waals surface area contributed by atoms with E-state index < -0.39 is 27.7 Å². The SMILES string of the molecule is CS(=O)(=O)Nc1ccc(F)cc1C(=O)NCCCCCCCC(=O)O. The van der Waals surface area contributed by atoms with Crippen LogP contribution in [0.2, 0.25) is 0 Å². The van der Waals surface area contributed by atoms with Crippen molar-refractivity contribution in [3.8, 4) is 0 Å². The molecule has 0 aliphatic carbocycles. The number of carboxylic acids is 1. The lowest BCUT2D eigenvalue weighted by atomic mass is 10.1. The summed E-state index contributed by atoms with van der Waals surface area (Å²) in [6, 6.07) is 3.25. The van der Waals surface area contributed by atoms with Gasteiger partial charge in [0.2, 0.25) is 10.0 Å². The summed E-state index contributed by atoms with van der Waals surface area (Å²) in [4.78, 5) is 22.5. The molecule has 25 heavy (non-hydrogen) atoms. The Morgan fingerprint density at radius 1 is 1.12 bits per heavy atom. The predicted octanol–water partition coefficient (Wildman–Crippen LogP) is 2.35. The molecule has 0 spiro atoms. The van der Waals surface area contributed by atoms with Crippen LogP contribution < -0.4 is 10.0 Å². The van der Waals surface area contributed by atoms with Gasteiger partial charge in [-0.05, 0) is 31.0 Å². The fraction of sp³-hybridized carbons (Fsp3) is 0.500. The zero-order valence-electron chi connectivity index (χ0n) is 14.0. The maximum absolute atomic E-state index is 13.4. The molecule has 0 unspecified atom stereocenters. The minimum absolute atomic E-state index is 0.0232. The molecule has 0 fully saturated rings. The van der Waals surface area contributed by atoms with Gasteiger partial charge >= 0.3 is 5.97 Å². The molecule has 0 radical (unpaired) electrons. The van der Waals surface area contributed by atoms with Crippen LogP contribution in [0.4, 0.5) is 10.1 Å². The molecular weight excluding hydrogens is 351 g/mol. The second-order valence-electron chi connectivity index (χ2n) is 5.73. The van der Waals surface area contributed by atoms with Gasteiger partial charge in [-0.1, -0.05) is 19.3 Å². The summed E-state index contributed by atoms with van der Waals surface area (Å²) in [5.41, 5.74) is -0.0537. The van der Waals surface area contributed by atoms with Gasteiger partial charge in [0.1, 0.15) is 5.82 Å². The van der Waals surface area contributed by atoms with E-state index in [0.29, 0.717) is 19.4 Å². The molecular formula is C16H23FN2O5S. The van der Waals surface area contributed by atoms with E-state index in [9.17, 15) is 22.4 Å². The molecule has 0 atom stereocenters. The first-order valence-electron chi connectivity index (χ1n) is 7.96. The number of carbonyl (C=O) groups excluding carboxylic acids is 1. The van der Waals surface area contributed by atoms with Crippen molar-refractivity contribution in [2.75, 3.05) is 17.5 Å². The highest BCUT2D eigenvalue weighted by atomic mass is 32.2. The first kappa shape index (κ1) is 20.9. The highest BCUT2D eigenvalue weighted by Crippen LogP contribution is 2.18. The van der Waals surface area contributed by atoms with Crippen molar-refractivity contribution < 1.29 is 27.5 Å². The fourth-order valence-corrected chi connectivity index (χ4v) is 2.80. The van der Waals surface area contributed by atoms with E-state index >= 15 is 0 Å². The predicted molar refractivity (Wildman–Crippen MR) is 92.5 cm³/mol. The maximum Gasteiger partial charge on any atom is 0.303 e. The molecule has 0 saturated carbocycles. The van der Waals surface area contributed by atoms with Crippen molar-refractivity contribution in [3.63, 3.8) is 0 Å². The molecule has 7 nitrogen and oxygen atoms in total. The molecule has 3 N–H and O–H groups in total. The van der Waals surface area contributed by atoms with Crippen LogP contribution in [0.5, 0.6) is 0 Å². The van der Waals surface area contributed by atoms with Gasteiger partial charge in [-0.2, -0.15) is 0 Å². The molecule has 1 rings (SSSR count). The highest BCUT2D eigenvalue weighted by molar-refractivity contribution is 7.92. The summed E-state index contributed by atoms with van der Waals surface area (Å²) >= 11 is 0. The van der Waals surface area contributed by atoms with Crippen molar-refractivity contribution in [2.24, 2.45) is 0 Å². The average molecular weight is 374 g/mol. The standard InChI is InChI=1S/C16H23FN2O5S/c1-25(23,24)19-14-9-8-12(17)11-13(14)16(22)18-10-6-4-2-3-5-7-15(20)21/h8-9,11,19H,2-7,10H2,1H3,(H,18,22)(H,20,21). The maximum atomic E-state index is 13.4. The molecule has 1 amide bonds. The molecule has 0 saturated heterocycles. The van der Waals surface area contributed by atoms with Crippen molar-refractivity contribution in [3.05, 3.63) is 29.6 Å². The third-order valence-electron chi connectivity index (χ3n) is 3.37. The average Bonchev–Trinajstić information content (AvgIpc) is 2.49. The van der Waals surface area contributed by atoms with Crippen LogP contribution in [0.1, 0.15) is 48.9 Å². The lowest BCUT2D eigenvalue weighted by Gasteiger charge is -2.11. The number of carboxylic acid groups (broad SMARTS) is 1. The quantitative estimate of drug-likeness (QED) is 0.515. The van der Waals surface area contributed by atoms with Crippen LogP contribution in [-0.2, 0) is 14.8 Å². The van der Waals surface area contributed by atoms with Crippen LogP contribution in [-0.4, -0.2) is 38.2 Å². The van der Waals surface area contributed by atoms with Gasteiger partial charge in [0.15, 0.2) is 0 Å². The van der Waals surface area contributed by atoms with Gasteiger partial charge in [-0.25, -0.2) is 12.8 Å². The fourth-order valence-electron chi connectivity index (χ4n) is 2.22. The van der Waals surface area contributed by atoms with Crippen molar-refractivity contribution in [1.82, 2.24) is 5.32 Å². The summed E-state index contributed by atoms with van der Waals surface area (Å²) in [7, 11) is -3.58. The number of rotatable bonds is 11. The summed E-state index contributed by atoms with van der Waals surface area (Å²) in [6.07, 6.45) is 4.94. The van der Waals surface area contributed by atoms with Gasteiger partial charge in [0.05, 0.1) is 17.5 Å². The van der Waals surface area contributed by atoms with Crippen LogP contribution in [0.3, 0.4) is 0 Å². The van der Waals surface area contributed by atoms with Crippen molar-refractivity contribution in [1.29, 1.82) is 0 Å². The third kappa shape index (κ3) is 9.04. The van der Waals surface area contributed by atoms with Gasteiger partial charge in [-0.15, -0.1) is 0 Å². The number of anilines is 1. The molecule has 0 bridgehead atoms. The van der Waals surface area contributed by atoms with Gasteiger partial charge in [-0.3, -0.25) is 14.3 Å². The Kier molecular flexibility index (Phi) is 8.33. The second-order valence-corrected chi connectivity index (χ2v) is 7.48. The number of amides is 1. The minimum Gasteiger partial charge on any atom is -0.481 e. The number of nitrogens with one attached hydrogen (secondary N) is 2. The van der Waals surface area contributed by atoms with E-state index in [2.05, 4.69) is 10.0 Å².